The van der Waals surface area contributed by atoms with E-state index < -0.39 is 0 Å². The largest absolute Gasteiger partial charge is 0.388 e. The van der Waals surface area contributed by atoms with Gasteiger partial charge in [0.2, 0.25) is 0 Å². The molecule has 2 aromatic rings. The zero-order valence-electron chi connectivity index (χ0n) is 11.5. The maximum atomic E-state index is 3.19. The first-order valence-electron chi connectivity index (χ1n) is 6.23. The molecule has 2 heteroatoms. The van der Waals surface area contributed by atoms with Gasteiger partial charge in [0.05, 0.1) is 0 Å². The van der Waals surface area contributed by atoms with Gasteiger partial charge in [-0.2, -0.15) is 0 Å². The number of benzene rings is 2. The van der Waals surface area contributed by atoms with Crippen LogP contribution in [0.25, 0.3) is 11.1 Å². The second-order valence-electron chi connectivity index (χ2n) is 4.56. The molecule has 2 aromatic carbocycles. The summed E-state index contributed by atoms with van der Waals surface area (Å²) in [7, 11) is 3.90. The molecule has 0 atom stereocenters. The quantitative estimate of drug-likeness (QED) is 0.845. The van der Waals surface area contributed by atoms with Crippen molar-refractivity contribution in [3.05, 3.63) is 47.5 Å². The predicted molar refractivity (Wildman–Crippen MR) is 80.4 cm³/mol. The van der Waals surface area contributed by atoms with Gasteiger partial charge in [0, 0.05) is 25.5 Å². The first-order chi connectivity index (χ1) is 8.65. The molecule has 0 bridgehead atoms. The van der Waals surface area contributed by atoms with E-state index in [1.165, 1.54) is 33.6 Å². The zero-order valence-corrected chi connectivity index (χ0v) is 11.5. The summed E-state index contributed by atoms with van der Waals surface area (Å²) in [6.45, 7) is 4.26. The minimum absolute atomic E-state index is 1.18. The summed E-state index contributed by atoms with van der Waals surface area (Å²) >= 11 is 0. The highest BCUT2D eigenvalue weighted by Gasteiger charge is 2.03. The molecule has 0 fully saturated rings. The molecule has 0 aliphatic carbocycles. The fourth-order valence-corrected chi connectivity index (χ4v) is 2.25. The molecule has 0 saturated carbocycles. The highest BCUT2D eigenvalue weighted by atomic mass is 14.8. The molecule has 2 N–H and O–H groups in total. The molecule has 0 radical (unpaired) electrons. The Kier molecular flexibility index (Phi) is 3.56. The molecule has 94 valence electrons. The maximum absolute atomic E-state index is 3.19. The van der Waals surface area contributed by atoms with E-state index >= 15 is 0 Å². The molecule has 0 spiro atoms. The zero-order chi connectivity index (χ0) is 13.1. The Morgan fingerprint density at radius 3 is 1.33 bits per heavy atom. The molecular formula is C16H20N2. The Labute approximate surface area is 109 Å². The molecular weight excluding hydrogens is 220 g/mol. The molecule has 0 saturated heterocycles. The van der Waals surface area contributed by atoms with Crippen LogP contribution in [0.3, 0.4) is 0 Å². The van der Waals surface area contributed by atoms with Crippen molar-refractivity contribution in [1.82, 2.24) is 0 Å². The summed E-state index contributed by atoms with van der Waals surface area (Å²) in [5, 5.41) is 6.39. The van der Waals surface area contributed by atoms with Crippen LogP contribution in [-0.4, -0.2) is 14.1 Å². The predicted octanol–water partition coefficient (Wildman–Crippen LogP) is 4.05. The number of nitrogens with one attached hydrogen (secondary N) is 2. The number of hydrogen-bond acceptors (Lipinski definition) is 2. The van der Waals surface area contributed by atoms with E-state index in [0.717, 1.165) is 0 Å². The van der Waals surface area contributed by atoms with Crippen molar-refractivity contribution in [3.63, 3.8) is 0 Å². The lowest BCUT2D eigenvalue weighted by Crippen LogP contribution is -1.93. The van der Waals surface area contributed by atoms with Gasteiger partial charge in [-0.15, -0.1) is 0 Å². The van der Waals surface area contributed by atoms with Crippen molar-refractivity contribution < 1.29 is 0 Å². The summed E-state index contributed by atoms with van der Waals surface area (Å²) in [6, 6.07) is 13.0. The highest BCUT2D eigenvalue weighted by Crippen LogP contribution is 2.27. The first-order valence-corrected chi connectivity index (χ1v) is 6.23. The van der Waals surface area contributed by atoms with Crippen LogP contribution in [0.5, 0.6) is 0 Å². The Morgan fingerprint density at radius 1 is 0.667 bits per heavy atom. The molecule has 2 nitrogen and oxygen atoms in total. The van der Waals surface area contributed by atoms with Crippen LogP contribution in [0.1, 0.15) is 11.1 Å². The van der Waals surface area contributed by atoms with Crippen molar-refractivity contribution in [3.8, 4) is 11.1 Å². The number of hydrogen-bond donors (Lipinski definition) is 2. The van der Waals surface area contributed by atoms with E-state index in [2.05, 4.69) is 60.9 Å². The molecule has 18 heavy (non-hydrogen) atoms. The normalized spacial score (nSPS) is 10.2. The van der Waals surface area contributed by atoms with Gasteiger partial charge in [-0.25, -0.2) is 0 Å². The highest BCUT2D eigenvalue weighted by molar-refractivity contribution is 5.71. The van der Waals surface area contributed by atoms with Crippen LogP contribution in [0.2, 0.25) is 0 Å². The summed E-state index contributed by atoms with van der Waals surface area (Å²) in [6.07, 6.45) is 0. The van der Waals surface area contributed by atoms with Crippen LogP contribution in [0, 0.1) is 13.8 Å². The van der Waals surface area contributed by atoms with E-state index in [-0.39, 0.29) is 0 Å². The molecule has 2 rings (SSSR count). The average molecular weight is 240 g/mol. The third-order valence-electron chi connectivity index (χ3n) is 3.32. The van der Waals surface area contributed by atoms with E-state index in [0.29, 0.717) is 0 Å². The first kappa shape index (κ1) is 12.5. The number of aryl methyl sites for hydroxylation is 2. The lowest BCUT2D eigenvalue weighted by molar-refractivity contribution is 1.38. The number of rotatable bonds is 3. The van der Waals surface area contributed by atoms with Crippen LogP contribution in [0.15, 0.2) is 36.4 Å². The minimum Gasteiger partial charge on any atom is -0.388 e. The summed E-state index contributed by atoms with van der Waals surface area (Å²) in [5.74, 6) is 0. The summed E-state index contributed by atoms with van der Waals surface area (Å²) in [4.78, 5) is 0. The van der Waals surface area contributed by atoms with Crippen LogP contribution in [0.4, 0.5) is 11.4 Å². The average Bonchev–Trinajstić information content (AvgIpc) is 2.38. The van der Waals surface area contributed by atoms with Gasteiger partial charge in [0.25, 0.3) is 0 Å². The van der Waals surface area contributed by atoms with Gasteiger partial charge in [0.1, 0.15) is 0 Å². The Morgan fingerprint density at radius 2 is 1.06 bits per heavy atom. The van der Waals surface area contributed by atoms with Crippen molar-refractivity contribution in [1.29, 1.82) is 0 Å². The SMILES string of the molecule is CNc1ccc(-c2ccc(NC)c(C)c2)cc1C. The van der Waals surface area contributed by atoms with Gasteiger partial charge < -0.3 is 10.6 Å². The van der Waals surface area contributed by atoms with Crippen LogP contribution in [-0.2, 0) is 0 Å². The van der Waals surface area contributed by atoms with Crippen LogP contribution < -0.4 is 10.6 Å². The van der Waals surface area contributed by atoms with E-state index in [1.807, 2.05) is 14.1 Å². The topological polar surface area (TPSA) is 24.1 Å². The molecule has 0 amide bonds. The monoisotopic (exact) mass is 240 g/mol. The lowest BCUT2D eigenvalue weighted by Gasteiger charge is -2.11. The summed E-state index contributed by atoms with van der Waals surface area (Å²) in [5.41, 5.74) is 7.43. The molecule has 0 unspecified atom stereocenters. The number of anilines is 2. The van der Waals surface area contributed by atoms with Gasteiger partial charge in [-0.05, 0) is 60.4 Å². The Bertz CT molecular complexity index is 508. The van der Waals surface area contributed by atoms with Gasteiger partial charge in [-0.1, -0.05) is 12.1 Å². The fourth-order valence-electron chi connectivity index (χ4n) is 2.25. The van der Waals surface area contributed by atoms with Crippen molar-refractivity contribution in [2.45, 2.75) is 13.8 Å². The Hall–Kier alpha value is -1.96. The van der Waals surface area contributed by atoms with E-state index in [9.17, 15) is 0 Å². The van der Waals surface area contributed by atoms with Gasteiger partial charge >= 0.3 is 0 Å². The molecule has 0 aromatic heterocycles. The van der Waals surface area contributed by atoms with Crippen molar-refractivity contribution >= 4 is 11.4 Å². The van der Waals surface area contributed by atoms with Crippen LogP contribution >= 0.6 is 0 Å². The minimum atomic E-state index is 1.18. The standard InChI is InChI=1S/C16H20N2/c1-11-9-13(5-7-15(11)17-3)14-6-8-16(18-4)12(2)10-14/h5-10,17-18H,1-4H3. The Balaban J connectivity index is 2.42. The fraction of sp³-hybridized carbons (Fsp3) is 0.250. The van der Waals surface area contributed by atoms with Gasteiger partial charge in [-0.3, -0.25) is 0 Å². The second-order valence-corrected chi connectivity index (χ2v) is 4.56. The molecule has 0 aliphatic heterocycles. The smallest absolute Gasteiger partial charge is 0.0367 e. The third-order valence-corrected chi connectivity index (χ3v) is 3.32. The third kappa shape index (κ3) is 2.33. The second kappa shape index (κ2) is 5.13. The lowest BCUT2D eigenvalue weighted by atomic mass is 10.00. The van der Waals surface area contributed by atoms with Crippen molar-refractivity contribution in [2.75, 3.05) is 24.7 Å². The maximum Gasteiger partial charge on any atom is 0.0367 e. The molecule has 0 heterocycles. The van der Waals surface area contributed by atoms with Gasteiger partial charge in [0.15, 0.2) is 0 Å². The summed E-state index contributed by atoms with van der Waals surface area (Å²) < 4.78 is 0. The van der Waals surface area contributed by atoms with E-state index in [1.54, 1.807) is 0 Å². The van der Waals surface area contributed by atoms with E-state index in [4.69, 9.17) is 0 Å². The van der Waals surface area contributed by atoms with Crippen molar-refractivity contribution in [2.24, 2.45) is 0 Å². The molecule has 0 aliphatic rings.